The number of amides is 1. The number of pyridine rings is 1. The second kappa shape index (κ2) is 11.0. The number of carbonyl (C=O) groups is 3. The lowest BCUT2D eigenvalue weighted by atomic mass is 10.1. The molecule has 1 amide bonds. The first-order chi connectivity index (χ1) is 15.8. The number of rotatable bonds is 7. The lowest BCUT2D eigenvalue weighted by Gasteiger charge is -2.16. The van der Waals surface area contributed by atoms with Crippen molar-refractivity contribution >= 4 is 17.8 Å². The van der Waals surface area contributed by atoms with Gasteiger partial charge in [0, 0.05) is 51.0 Å². The average molecular weight is 460 g/mol. The average Bonchev–Trinajstić information content (AvgIpc) is 3.55. The van der Waals surface area contributed by atoms with Gasteiger partial charge in [-0.25, -0.2) is 19.7 Å². The van der Waals surface area contributed by atoms with Crippen LogP contribution in [0.3, 0.4) is 0 Å². The van der Waals surface area contributed by atoms with E-state index in [2.05, 4.69) is 20.5 Å². The number of ether oxygens (including phenoxy) is 1. The first kappa shape index (κ1) is 23.7. The van der Waals surface area contributed by atoms with Gasteiger partial charge in [0.2, 0.25) is 0 Å². The van der Waals surface area contributed by atoms with Crippen molar-refractivity contribution in [2.24, 2.45) is 0 Å². The first-order valence-corrected chi connectivity index (χ1v) is 10.2. The molecule has 1 aromatic heterocycles. The van der Waals surface area contributed by atoms with Crippen LogP contribution in [0.4, 0.5) is 0 Å². The largest absolute Gasteiger partial charge is 0.473 e. The number of H-pyrrole nitrogens is 1. The zero-order valence-corrected chi connectivity index (χ0v) is 17.6. The molecule has 176 valence electrons. The third-order valence-corrected chi connectivity index (χ3v) is 4.92. The fourth-order valence-corrected chi connectivity index (χ4v) is 3.36. The lowest BCUT2D eigenvalue weighted by Crippen LogP contribution is -2.27. The number of carbonyl (C=O) groups excluding carboxylic acids is 1. The maximum Gasteiger partial charge on any atom is 0.414 e. The predicted molar refractivity (Wildman–Crippen MR) is 113 cm³/mol. The molecule has 4 N–H and O–H groups in total. The molecule has 33 heavy (non-hydrogen) atoms. The van der Waals surface area contributed by atoms with Crippen molar-refractivity contribution in [2.45, 2.75) is 38.5 Å². The van der Waals surface area contributed by atoms with Crippen LogP contribution in [-0.4, -0.2) is 71.6 Å². The second-order valence-electron chi connectivity index (χ2n) is 7.34. The molecule has 1 fully saturated rings. The van der Waals surface area contributed by atoms with Crippen molar-refractivity contribution in [3.8, 4) is 11.3 Å². The maximum absolute atomic E-state index is 12.7. The van der Waals surface area contributed by atoms with Crippen LogP contribution in [0.5, 0.6) is 0 Å². The van der Waals surface area contributed by atoms with E-state index in [0.717, 1.165) is 32.4 Å². The van der Waals surface area contributed by atoms with Crippen molar-refractivity contribution in [1.82, 2.24) is 29.6 Å². The third kappa shape index (κ3) is 6.49. The Hall–Kier alpha value is -4.00. The number of hydrogen-bond donors (Lipinski definition) is 4. The van der Waals surface area contributed by atoms with Gasteiger partial charge in [-0.2, -0.15) is 5.10 Å². The molecule has 4 rings (SSSR count). The highest BCUT2D eigenvalue weighted by Crippen LogP contribution is 2.21. The van der Waals surface area contributed by atoms with Crippen molar-refractivity contribution in [1.29, 1.82) is 0 Å². The van der Waals surface area contributed by atoms with Crippen LogP contribution in [0.15, 0.2) is 35.9 Å². The first-order valence-electron chi connectivity index (χ1n) is 10.2. The maximum atomic E-state index is 12.7. The molecule has 0 spiro atoms. The highest BCUT2D eigenvalue weighted by Gasteiger charge is 2.23. The Labute approximate surface area is 187 Å². The molecule has 1 aromatic rings. The molecule has 0 saturated carbocycles. The Balaban J connectivity index is 0.000000454. The van der Waals surface area contributed by atoms with E-state index in [1.54, 1.807) is 24.9 Å². The number of aromatic amines is 1. The van der Waals surface area contributed by atoms with Gasteiger partial charge in [0.25, 0.3) is 11.5 Å². The number of fused-ring (bicyclic) bond motifs is 1. The Bertz CT molecular complexity index is 1100. The minimum atomic E-state index is -1.82. The summed E-state index contributed by atoms with van der Waals surface area (Å²) in [5, 5.41) is 24.2. The van der Waals surface area contributed by atoms with Gasteiger partial charge >= 0.3 is 11.9 Å². The molecule has 4 heterocycles. The number of aliphatic carboxylic acids is 2. The number of aromatic nitrogens is 5. The van der Waals surface area contributed by atoms with E-state index in [1.165, 1.54) is 0 Å². The summed E-state index contributed by atoms with van der Waals surface area (Å²) in [5.41, 5.74) is 0.919. The summed E-state index contributed by atoms with van der Waals surface area (Å²) in [4.78, 5) is 46.9. The van der Waals surface area contributed by atoms with E-state index in [4.69, 9.17) is 24.5 Å². The summed E-state index contributed by atoms with van der Waals surface area (Å²) in [6, 6.07) is 0. The topological polar surface area (TPSA) is 181 Å². The van der Waals surface area contributed by atoms with E-state index in [-0.39, 0.29) is 17.6 Å². The zero-order valence-electron chi connectivity index (χ0n) is 17.6. The summed E-state index contributed by atoms with van der Waals surface area (Å²) in [5.74, 6) is -3.89. The minimum absolute atomic E-state index is 0.112. The Morgan fingerprint density at radius 1 is 1.21 bits per heavy atom. The monoisotopic (exact) mass is 460 g/mol. The van der Waals surface area contributed by atoms with Crippen LogP contribution < -0.4 is 10.9 Å². The lowest BCUT2D eigenvalue weighted by molar-refractivity contribution is -0.159. The summed E-state index contributed by atoms with van der Waals surface area (Å²) in [7, 11) is 0. The Morgan fingerprint density at radius 2 is 2.00 bits per heavy atom. The van der Waals surface area contributed by atoms with Crippen LogP contribution >= 0.6 is 0 Å². The zero-order chi connectivity index (χ0) is 23.8. The fourth-order valence-electron chi connectivity index (χ4n) is 3.36. The van der Waals surface area contributed by atoms with Gasteiger partial charge < -0.3 is 29.4 Å². The minimum Gasteiger partial charge on any atom is -0.473 e. The van der Waals surface area contributed by atoms with Crippen molar-refractivity contribution < 1.29 is 29.3 Å². The molecule has 1 saturated heterocycles. The number of carboxylic acids is 2. The number of nitrogens with zero attached hydrogens (tertiary/aromatic N) is 4. The highest BCUT2D eigenvalue weighted by molar-refractivity contribution is 6.27. The van der Waals surface area contributed by atoms with Crippen LogP contribution in [0.2, 0.25) is 0 Å². The van der Waals surface area contributed by atoms with Crippen LogP contribution in [0, 0.1) is 0 Å². The number of carboxylic acid groups (broad SMARTS) is 2. The van der Waals surface area contributed by atoms with E-state index in [0.29, 0.717) is 29.9 Å². The molecule has 0 aliphatic carbocycles. The quantitative estimate of drug-likeness (QED) is 0.279. The van der Waals surface area contributed by atoms with Gasteiger partial charge in [0.15, 0.2) is 0 Å². The third-order valence-electron chi connectivity index (χ3n) is 4.92. The fraction of sp³-hybridized carbons (Fsp3) is 0.400. The molecule has 0 aromatic carbocycles. The summed E-state index contributed by atoms with van der Waals surface area (Å²) >= 11 is 0. The Morgan fingerprint density at radius 3 is 2.64 bits per heavy atom. The van der Waals surface area contributed by atoms with Crippen LogP contribution in [0.1, 0.15) is 29.6 Å². The van der Waals surface area contributed by atoms with Gasteiger partial charge in [-0.15, -0.1) is 0 Å². The van der Waals surface area contributed by atoms with Crippen molar-refractivity contribution in [2.75, 3.05) is 13.2 Å². The number of aryl methyl sites for hydroxylation is 1. The Kier molecular flexibility index (Phi) is 7.91. The molecule has 0 radical (unpaired) electrons. The molecule has 3 aliphatic rings. The van der Waals surface area contributed by atoms with E-state index >= 15 is 0 Å². The SMILES string of the molecule is O=C(NCCCn1ccnc1)c1cn(CC2CCCO2)cc2c(=O)[nH]nc1-2.O=C(O)C(=O)O. The summed E-state index contributed by atoms with van der Waals surface area (Å²) < 4.78 is 9.48. The number of nitrogens with one attached hydrogen (secondary N) is 2. The molecule has 13 nitrogen and oxygen atoms in total. The van der Waals surface area contributed by atoms with Gasteiger partial charge in [-0.1, -0.05) is 0 Å². The molecular formula is C20H24N6O7. The normalized spacial score (nSPS) is 15.1. The number of hydrogen-bond acceptors (Lipinski definition) is 7. The van der Waals surface area contributed by atoms with Crippen molar-refractivity contribution in [3.05, 3.63) is 47.0 Å². The van der Waals surface area contributed by atoms with Crippen LogP contribution in [-0.2, 0) is 27.4 Å². The van der Waals surface area contributed by atoms with E-state index < -0.39 is 11.9 Å². The van der Waals surface area contributed by atoms with Gasteiger partial charge in [-0.05, 0) is 19.3 Å². The second-order valence-corrected chi connectivity index (χ2v) is 7.34. The molecular weight excluding hydrogens is 436 g/mol. The standard InChI is InChI=1S/C18H22N6O3.C2H2O4/c25-17(20-4-2-6-23-7-5-19-12-23)14-10-24(9-13-3-1-8-27-13)11-15-16(14)21-22-18(15)26;3-1(4)2(5)6/h5,7,10-13H,1-4,6,8-9H2,(H,20,25)(H,22,26);(H,3,4)(H,5,6). The smallest absolute Gasteiger partial charge is 0.414 e. The highest BCUT2D eigenvalue weighted by atomic mass is 16.5. The molecule has 13 heteroatoms. The molecule has 1 unspecified atom stereocenters. The number of imidazole rings is 1. The molecule has 0 bridgehead atoms. The molecule has 3 aliphatic heterocycles. The summed E-state index contributed by atoms with van der Waals surface area (Å²) in [6.45, 7) is 2.67. The molecule has 1 atom stereocenters. The van der Waals surface area contributed by atoms with Gasteiger partial charge in [0.05, 0.1) is 23.6 Å². The van der Waals surface area contributed by atoms with E-state index in [9.17, 15) is 9.59 Å². The van der Waals surface area contributed by atoms with Crippen molar-refractivity contribution in [3.63, 3.8) is 0 Å². The van der Waals surface area contributed by atoms with Gasteiger partial charge in [0.1, 0.15) is 5.69 Å². The predicted octanol–water partition coefficient (Wildman–Crippen LogP) is 0.0274. The van der Waals surface area contributed by atoms with Crippen LogP contribution in [0.25, 0.3) is 11.3 Å². The summed E-state index contributed by atoms with van der Waals surface area (Å²) in [6.07, 6.45) is 11.7. The van der Waals surface area contributed by atoms with E-state index in [1.807, 2.05) is 15.3 Å². The van der Waals surface area contributed by atoms with Gasteiger partial charge in [-0.3, -0.25) is 9.59 Å².